The van der Waals surface area contributed by atoms with Gasteiger partial charge < -0.3 is 20.3 Å². The lowest BCUT2D eigenvalue weighted by molar-refractivity contribution is -0.140. The number of anilines is 1. The number of thioether (sulfide) groups is 1. The zero-order valence-electron chi connectivity index (χ0n) is 22.3. The van der Waals surface area contributed by atoms with Crippen molar-refractivity contribution < 1.29 is 32.4 Å². The molecule has 0 saturated heterocycles. The van der Waals surface area contributed by atoms with Gasteiger partial charge in [-0.25, -0.2) is 13.4 Å². The van der Waals surface area contributed by atoms with E-state index in [1.54, 1.807) is 6.92 Å². The summed E-state index contributed by atoms with van der Waals surface area (Å²) in [6.07, 6.45) is 3.19. The topological polar surface area (TPSA) is 203 Å². The Morgan fingerprint density at radius 3 is 2.59 bits per heavy atom. The van der Waals surface area contributed by atoms with Crippen LogP contribution in [0.3, 0.4) is 0 Å². The average Bonchev–Trinajstić information content (AvgIpc) is 3.34. The van der Waals surface area contributed by atoms with Crippen LogP contribution in [0.15, 0.2) is 52.0 Å². The molecule has 3 rings (SSSR count). The van der Waals surface area contributed by atoms with Crippen molar-refractivity contribution in [1.82, 2.24) is 25.0 Å². The van der Waals surface area contributed by atoms with E-state index in [1.165, 1.54) is 24.2 Å². The molecule has 3 N–H and O–H groups in total. The molecule has 1 aromatic carbocycles. The molecular formula is C25H30N6O8S2. The summed E-state index contributed by atoms with van der Waals surface area (Å²) >= 11 is 1.31. The molecule has 2 atom stereocenters. The highest BCUT2D eigenvalue weighted by Crippen LogP contribution is 2.15. The third kappa shape index (κ3) is 9.82. The molecular weight excluding hydrogens is 576 g/mol. The number of nitrogens with zero attached hydrogens (tertiary/aromatic N) is 4. The zero-order valence-corrected chi connectivity index (χ0v) is 24.0. The molecule has 0 spiro atoms. The smallest absolute Gasteiger partial charge is 0.305 e. The van der Waals surface area contributed by atoms with Crippen LogP contribution < -0.4 is 16.2 Å². The van der Waals surface area contributed by atoms with Crippen LogP contribution in [0.25, 0.3) is 0 Å². The van der Waals surface area contributed by atoms with E-state index in [4.69, 9.17) is 4.52 Å². The average molecular weight is 607 g/mol. The second-order valence-electron chi connectivity index (χ2n) is 9.04. The highest BCUT2D eigenvalue weighted by molar-refractivity contribution is 7.99. The maximum Gasteiger partial charge on any atom is 0.305 e. The van der Waals surface area contributed by atoms with Crippen molar-refractivity contribution in [3.8, 4) is 0 Å². The molecule has 2 aromatic heterocycles. The Bertz CT molecular complexity index is 1520. The SMILES string of the molecule is CCC(C(=O)N[C@@H](CC(=O)O)C(=O)CSCc1ccccc1)n1ccnc(NCc2nc(CS(C)(=O)=O)no2)c1=O. The van der Waals surface area contributed by atoms with Crippen LogP contribution in [0.5, 0.6) is 0 Å². The number of hydrogen-bond donors (Lipinski definition) is 3. The first kappa shape index (κ1) is 31.5. The Hall–Kier alpha value is -4.05. The van der Waals surface area contributed by atoms with Gasteiger partial charge in [0.05, 0.1) is 24.8 Å². The van der Waals surface area contributed by atoms with E-state index in [1.807, 2.05) is 30.3 Å². The monoisotopic (exact) mass is 606 g/mol. The lowest BCUT2D eigenvalue weighted by Crippen LogP contribution is -2.47. The lowest BCUT2D eigenvalue weighted by atomic mass is 10.1. The molecule has 0 bridgehead atoms. The number of rotatable bonds is 16. The van der Waals surface area contributed by atoms with E-state index in [0.717, 1.165) is 16.4 Å². The van der Waals surface area contributed by atoms with Gasteiger partial charge in [0.1, 0.15) is 11.8 Å². The van der Waals surface area contributed by atoms with E-state index >= 15 is 0 Å². The summed E-state index contributed by atoms with van der Waals surface area (Å²) in [7, 11) is -3.37. The number of carboxylic acids is 1. The van der Waals surface area contributed by atoms with Crippen molar-refractivity contribution in [1.29, 1.82) is 0 Å². The van der Waals surface area contributed by atoms with Gasteiger partial charge in [-0.05, 0) is 12.0 Å². The first-order valence-corrected chi connectivity index (χ1v) is 15.6. The number of carbonyl (C=O) groups is 3. The fourth-order valence-corrected chi connectivity index (χ4v) is 5.27. The minimum Gasteiger partial charge on any atom is -0.481 e. The summed E-state index contributed by atoms with van der Waals surface area (Å²) in [4.78, 5) is 58.5. The Kier molecular flexibility index (Phi) is 11.2. The number of nitrogens with one attached hydrogen (secondary N) is 2. The number of carbonyl (C=O) groups excluding carboxylic acids is 2. The number of amides is 1. The molecule has 3 aromatic rings. The second-order valence-corrected chi connectivity index (χ2v) is 12.2. The number of Topliss-reactive ketones (excluding diaryl/α,β-unsaturated/α-hetero) is 1. The van der Waals surface area contributed by atoms with Crippen LogP contribution >= 0.6 is 11.8 Å². The summed E-state index contributed by atoms with van der Waals surface area (Å²) < 4.78 is 28.9. The lowest BCUT2D eigenvalue weighted by Gasteiger charge is -2.22. The van der Waals surface area contributed by atoms with E-state index in [9.17, 15) is 32.7 Å². The van der Waals surface area contributed by atoms with Gasteiger partial charge in [0.15, 0.2) is 27.3 Å². The van der Waals surface area contributed by atoms with Gasteiger partial charge in [-0.2, -0.15) is 4.98 Å². The summed E-state index contributed by atoms with van der Waals surface area (Å²) in [5.74, 6) is -2.42. The third-order valence-electron chi connectivity index (χ3n) is 5.64. The largest absolute Gasteiger partial charge is 0.481 e. The van der Waals surface area contributed by atoms with Gasteiger partial charge in [-0.15, -0.1) is 11.8 Å². The van der Waals surface area contributed by atoms with Crippen LogP contribution in [0.2, 0.25) is 0 Å². The van der Waals surface area contributed by atoms with Crippen molar-refractivity contribution in [3.05, 3.63) is 70.4 Å². The molecule has 0 saturated carbocycles. The van der Waals surface area contributed by atoms with Gasteiger partial charge in [-0.3, -0.25) is 23.7 Å². The normalized spacial score (nSPS) is 12.8. The molecule has 2 heterocycles. The quantitative estimate of drug-likeness (QED) is 0.210. The van der Waals surface area contributed by atoms with Gasteiger partial charge in [0.25, 0.3) is 5.56 Å². The number of aromatic nitrogens is 4. The van der Waals surface area contributed by atoms with Gasteiger partial charge in [-0.1, -0.05) is 42.4 Å². The molecule has 1 unspecified atom stereocenters. The van der Waals surface area contributed by atoms with Crippen LogP contribution in [0.4, 0.5) is 5.82 Å². The van der Waals surface area contributed by atoms with Crippen molar-refractivity contribution >= 4 is 45.1 Å². The fourth-order valence-electron chi connectivity index (χ4n) is 3.75. The van der Waals surface area contributed by atoms with E-state index < -0.39 is 57.3 Å². The molecule has 0 aliphatic carbocycles. The Morgan fingerprint density at radius 2 is 1.93 bits per heavy atom. The molecule has 220 valence electrons. The van der Waals surface area contributed by atoms with E-state index in [0.29, 0.717) is 5.75 Å². The third-order valence-corrected chi connectivity index (χ3v) is 7.45. The molecule has 0 aliphatic heterocycles. The fraction of sp³-hybridized carbons (Fsp3) is 0.400. The maximum absolute atomic E-state index is 13.2. The van der Waals surface area contributed by atoms with Crippen LogP contribution in [-0.4, -0.2) is 68.9 Å². The summed E-state index contributed by atoms with van der Waals surface area (Å²) in [5, 5.41) is 18.1. The zero-order chi connectivity index (χ0) is 30.0. The Labute approximate surface area is 239 Å². The molecule has 0 aliphatic rings. The van der Waals surface area contributed by atoms with Gasteiger partial charge >= 0.3 is 5.97 Å². The minimum atomic E-state index is -3.37. The summed E-state index contributed by atoms with van der Waals surface area (Å²) in [6, 6.07) is 7.12. The highest BCUT2D eigenvalue weighted by atomic mass is 32.2. The number of ketones is 1. The molecule has 16 heteroatoms. The Morgan fingerprint density at radius 1 is 1.20 bits per heavy atom. The minimum absolute atomic E-state index is 0.00520. The molecule has 0 fully saturated rings. The summed E-state index contributed by atoms with van der Waals surface area (Å²) in [6.45, 7) is 1.53. The molecule has 14 nitrogen and oxygen atoms in total. The van der Waals surface area contributed by atoms with Gasteiger partial charge in [0, 0.05) is 24.4 Å². The standard InChI is InChI=1S/C25H30N6O8S2/c1-3-18(24(35)28-17(11-22(33)34)19(32)14-40-13-16-7-5-4-6-8-16)31-10-9-26-23(25(31)36)27-12-21-29-20(30-39-21)15-41(2,37)38/h4-10,17-18H,3,11-15H2,1-2H3,(H,26,27)(H,28,35)(H,33,34)/t17-,18?/m0/s1. The van der Waals surface area contributed by atoms with Crippen LogP contribution in [0.1, 0.15) is 43.1 Å². The van der Waals surface area contributed by atoms with Crippen molar-refractivity contribution in [2.75, 3.05) is 17.3 Å². The second kappa shape index (κ2) is 14.5. The molecule has 1 amide bonds. The molecule has 0 radical (unpaired) electrons. The Balaban J connectivity index is 1.67. The number of aliphatic carboxylic acids is 1. The van der Waals surface area contributed by atoms with Crippen LogP contribution in [0, 0.1) is 0 Å². The number of carboxylic acid groups (broad SMARTS) is 1. The highest BCUT2D eigenvalue weighted by Gasteiger charge is 2.28. The van der Waals surface area contributed by atoms with Crippen molar-refractivity contribution in [2.24, 2.45) is 0 Å². The van der Waals surface area contributed by atoms with Gasteiger partial charge in [0.2, 0.25) is 11.8 Å². The number of hydrogen-bond acceptors (Lipinski definition) is 12. The van der Waals surface area contributed by atoms with Crippen molar-refractivity contribution in [2.45, 2.75) is 49.9 Å². The summed E-state index contributed by atoms with van der Waals surface area (Å²) in [5.41, 5.74) is 0.343. The van der Waals surface area contributed by atoms with E-state index in [2.05, 4.69) is 25.8 Å². The predicted molar refractivity (Wildman–Crippen MR) is 150 cm³/mol. The van der Waals surface area contributed by atoms with Crippen LogP contribution in [-0.2, 0) is 42.3 Å². The predicted octanol–water partition coefficient (Wildman–Crippen LogP) is 1.20. The molecule has 41 heavy (non-hydrogen) atoms. The number of benzene rings is 1. The first-order chi connectivity index (χ1) is 19.5. The number of sulfone groups is 1. The first-order valence-electron chi connectivity index (χ1n) is 12.4. The van der Waals surface area contributed by atoms with Crippen molar-refractivity contribution in [3.63, 3.8) is 0 Å². The van der Waals surface area contributed by atoms with E-state index in [-0.39, 0.29) is 36.3 Å². The maximum atomic E-state index is 13.2.